The standard InChI is InChI=1S/C26H36ClN7O4S/c1-15(2)14-39(36,37)34-19-11-17(10-18(27)12-19)21-22(33-23(32-21)26(4,5)6)20-8-9-28-24(31-20)29-13-16(3)30-25(35)38-7/h8-12,15-16,34H,13-14H2,1-7H3,(H,30,35)(H,32,33)(H,28,29,31)/t16-/m0/s1. The summed E-state index contributed by atoms with van der Waals surface area (Å²) in [6, 6.07) is 6.52. The monoisotopic (exact) mass is 577 g/mol. The lowest BCUT2D eigenvalue weighted by Crippen LogP contribution is -2.37. The van der Waals surface area contributed by atoms with Crippen LogP contribution in [0.25, 0.3) is 22.6 Å². The Bertz CT molecular complexity index is 1420. The van der Waals surface area contributed by atoms with E-state index in [9.17, 15) is 13.2 Å². The van der Waals surface area contributed by atoms with Crippen LogP contribution >= 0.6 is 11.6 Å². The number of amides is 1. The highest BCUT2D eigenvalue weighted by Crippen LogP contribution is 2.35. The second-order valence-corrected chi connectivity index (χ2v) is 13.0. The Hall–Kier alpha value is -3.38. The molecule has 4 N–H and O–H groups in total. The highest BCUT2D eigenvalue weighted by molar-refractivity contribution is 7.92. The molecule has 11 nitrogen and oxygen atoms in total. The third kappa shape index (κ3) is 8.56. The van der Waals surface area contributed by atoms with E-state index in [4.69, 9.17) is 16.6 Å². The Morgan fingerprint density at radius 2 is 1.87 bits per heavy atom. The molecule has 3 rings (SSSR count). The predicted molar refractivity (Wildman–Crippen MR) is 154 cm³/mol. The fourth-order valence-corrected chi connectivity index (χ4v) is 5.38. The van der Waals surface area contributed by atoms with Gasteiger partial charge in [-0.05, 0) is 37.1 Å². The number of methoxy groups -OCH3 is 1. The smallest absolute Gasteiger partial charge is 0.407 e. The van der Waals surface area contributed by atoms with Gasteiger partial charge in [-0.2, -0.15) is 0 Å². The van der Waals surface area contributed by atoms with Gasteiger partial charge in [-0.25, -0.2) is 28.2 Å². The molecule has 0 aliphatic heterocycles. The van der Waals surface area contributed by atoms with E-state index >= 15 is 0 Å². The van der Waals surface area contributed by atoms with Crippen molar-refractivity contribution in [1.82, 2.24) is 25.3 Å². The number of nitrogens with one attached hydrogen (secondary N) is 4. The number of imidazole rings is 1. The number of halogens is 1. The number of nitrogens with zero attached hydrogens (tertiary/aromatic N) is 3. The summed E-state index contributed by atoms with van der Waals surface area (Å²) >= 11 is 6.42. The Kier molecular flexibility index (Phi) is 9.44. The van der Waals surface area contributed by atoms with Crippen molar-refractivity contribution in [3.05, 3.63) is 41.3 Å². The van der Waals surface area contributed by atoms with Crippen molar-refractivity contribution in [2.75, 3.05) is 29.4 Å². The van der Waals surface area contributed by atoms with Crippen molar-refractivity contribution in [2.24, 2.45) is 5.92 Å². The van der Waals surface area contributed by atoms with Crippen LogP contribution in [0.3, 0.4) is 0 Å². The number of hydrogen-bond acceptors (Lipinski definition) is 8. The Balaban J connectivity index is 2.00. The second kappa shape index (κ2) is 12.2. The van der Waals surface area contributed by atoms with Crippen molar-refractivity contribution < 1.29 is 17.9 Å². The van der Waals surface area contributed by atoms with Gasteiger partial charge in [0, 0.05) is 34.8 Å². The van der Waals surface area contributed by atoms with Gasteiger partial charge in [0.2, 0.25) is 16.0 Å². The van der Waals surface area contributed by atoms with Gasteiger partial charge < -0.3 is 20.4 Å². The molecule has 0 spiro atoms. The lowest BCUT2D eigenvalue weighted by atomic mass is 9.96. The number of aromatic nitrogens is 4. The van der Waals surface area contributed by atoms with Crippen LogP contribution in [0.15, 0.2) is 30.5 Å². The molecule has 2 aromatic heterocycles. The lowest BCUT2D eigenvalue weighted by Gasteiger charge is -2.14. The SMILES string of the molecule is COC(=O)N[C@@H](C)CNc1nccc(-c2[nH]c(C(C)(C)C)nc2-c2cc(Cl)cc(NS(=O)(=O)CC(C)C)c2)n1. The van der Waals surface area contributed by atoms with E-state index in [1.54, 1.807) is 30.5 Å². The van der Waals surface area contributed by atoms with Crippen molar-refractivity contribution in [3.63, 3.8) is 0 Å². The van der Waals surface area contributed by atoms with E-state index in [-0.39, 0.29) is 23.1 Å². The number of anilines is 2. The van der Waals surface area contributed by atoms with Crippen molar-refractivity contribution in [1.29, 1.82) is 0 Å². The molecule has 0 unspecified atom stereocenters. The highest BCUT2D eigenvalue weighted by atomic mass is 35.5. The van der Waals surface area contributed by atoms with Gasteiger partial charge in [-0.3, -0.25) is 4.72 Å². The van der Waals surface area contributed by atoms with E-state index in [0.29, 0.717) is 45.8 Å². The van der Waals surface area contributed by atoms with Crippen LogP contribution in [0.5, 0.6) is 0 Å². The van der Waals surface area contributed by atoms with Gasteiger partial charge in [0.25, 0.3) is 0 Å². The number of carbonyl (C=O) groups excluding carboxylic acids is 1. The number of aromatic amines is 1. The number of benzene rings is 1. The van der Waals surface area contributed by atoms with E-state index in [2.05, 4.69) is 35.0 Å². The minimum Gasteiger partial charge on any atom is -0.453 e. The normalized spacial score (nSPS) is 12.7. The molecule has 0 aliphatic carbocycles. The molecule has 2 heterocycles. The first-order valence-corrected chi connectivity index (χ1v) is 14.5. The third-order valence-electron chi connectivity index (χ3n) is 5.44. The summed E-state index contributed by atoms with van der Waals surface area (Å²) in [4.78, 5) is 28.6. The topological polar surface area (TPSA) is 151 Å². The molecule has 13 heteroatoms. The maximum absolute atomic E-state index is 12.6. The summed E-state index contributed by atoms with van der Waals surface area (Å²) in [5.74, 6) is 1.03. The summed E-state index contributed by atoms with van der Waals surface area (Å²) in [5.41, 5.74) is 2.43. The molecule has 212 valence electrons. The molecule has 39 heavy (non-hydrogen) atoms. The van der Waals surface area contributed by atoms with E-state index < -0.39 is 16.1 Å². The van der Waals surface area contributed by atoms with Crippen LogP contribution in [0.1, 0.15) is 47.4 Å². The number of alkyl carbamates (subject to hydrolysis) is 1. The summed E-state index contributed by atoms with van der Waals surface area (Å²) in [5, 5.41) is 6.15. The summed E-state index contributed by atoms with van der Waals surface area (Å²) in [6.07, 6.45) is 1.09. The van der Waals surface area contributed by atoms with Gasteiger partial charge in [-0.15, -0.1) is 0 Å². The third-order valence-corrected chi connectivity index (χ3v) is 7.31. The number of carbonyl (C=O) groups is 1. The van der Waals surface area contributed by atoms with Gasteiger partial charge in [0.1, 0.15) is 5.82 Å². The van der Waals surface area contributed by atoms with Crippen LogP contribution in [0.4, 0.5) is 16.4 Å². The molecule has 1 aromatic carbocycles. The van der Waals surface area contributed by atoms with Gasteiger partial charge in [0.05, 0.1) is 35.6 Å². The second-order valence-electron chi connectivity index (χ2n) is 10.7. The van der Waals surface area contributed by atoms with Crippen molar-refractivity contribution in [3.8, 4) is 22.6 Å². The Morgan fingerprint density at radius 1 is 1.15 bits per heavy atom. The summed E-state index contributed by atoms with van der Waals surface area (Å²) < 4.78 is 32.4. The molecule has 0 bridgehead atoms. The molecule has 0 aliphatic rings. The molecular weight excluding hydrogens is 542 g/mol. The molecular formula is C26H36ClN7O4S. The minimum atomic E-state index is -3.56. The van der Waals surface area contributed by atoms with Crippen LogP contribution < -0.4 is 15.4 Å². The summed E-state index contributed by atoms with van der Waals surface area (Å²) in [6.45, 7) is 12.0. The maximum atomic E-state index is 12.6. The number of sulfonamides is 1. The average Bonchev–Trinajstić information content (AvgIpc) is 3.28. The molecule has 3 aromatic rings. The minimum absolute atomic E-state index is 0.0127. The number of ether oxygens (including phenoxy) is 1. The zero-order valence-electron chi connectivity index (χ0n) is 23.2. The molecule has 0 saturated carbocycles. The molecule has 0 radical (unpaired) electrons. The predicted octanol–water partition coefficient (Wildman–Crippen LogP) is 5.04. The fourth-order valence-electron chi connectivity index (χ4n) is 3.71. The fraction of sp³-hybridized carbons (Fsp3) is 0.462. The molecule has 0 fully saturated rings. The Morgan fingerprint density at radius 3 is 2.51 bits per heavy atom. The lowest BCUT2D eigenvalue weighted by molar-refractivity contribution is 0.168. The maximum Gasteiger partial charge on any atom is 0.407 e. The first-order valence-electron chi connectivity index (χ1n) is 12.5. The quantitative estimate of drug-likeness (QED) is 0.262. The largest absolute Gasteiger partial charge is 0.453 e. The average molecular weight is 578 g/mol. The molecule has 1 atom stereocenters. The zero-order chi connectivity index (χ0) is 29.0. The molecule has 1 amide bonds. The summed E-state index contributed by atoms with van der Waals surface area (Å²) in [7, 11) is -2.25. The van der Waals surface area contributed by atoms with E-state index in [0.717, 1.165) is 5.82 Å². The van der Waals surface area contributed by atoms with Crippen LogP contribution in [-0.4, -0.2) is 59.9 Å². The van der Waals surface area contributed by atoms with Gasteiger partial charge in [-0.1, -0.05) is 46.2 Å². The van der Waals surface area contributed by atoms with Crippen LogP contribution in [-0.2, 0) is 20.2 Å². The van der Waals surface area contributed by atoms with E-state index in [1.807, 2.05) is 41.5 Å². The van der Waals surface area contributed by atoms with Crippen LogP contribution in [0.2, 0.25) is 5.02 Å². The Labute approximate surface area is 234 Å². The zero-order valence-corrected chi connectivity index (χ0v) is 24.8. The number of hydrogen-bond donors (Lipinski definition) is 4. The highest BCUT2D eigenvalue weighted by Gasteiger charge is 2.24. The van der Waals surface area contributed by atoms with E-state index in [1.165, 1.54) is 7.11 Å². The first-order chi connectivity index (χ1) is 18.2. The van der Waals surface area contributed by atoms with Gasteiger partial charge in [0.15, 0.2) is 0 Å². The first kappa shape index (κ1) is 30.2. The van der Waals surface area contributed by atoms with Gasteiger partial charge >= 0.3 is 6.09 Å². The van der Waals surface area contributed by atoms with Crippen molar-refractivity contribution in [2.45, 2.75) is 53.0 Å². The number of rotatable bonds is 10. The molecule has 0 saturated heterocycles. The van der Waals surface area contributed by atoms with Crippen molar-refractivity contribution >= 4 is 39.4 Å². The number of H-pyrrole nitrogens is 1. The van der Waals surface area contributed by atoms with Crippen LogP contribution in [0, 0.1) is 5.92 Å².